The zero-order valence-corrected chi connectivity index (χ0v) is 16.6. The summed E-state index contributed by atoms with van der Waals surface area (Å²) in [6.45, 7) is 1.91. The molecule has 27 heavy (non-hydrogen) atoms. The maximum absolute atomic E-state index is 13.2. The van der Waals surface area contributed by atoms with E-state index in [0.29, 0.717) is 6.04 Å². The maximum Gasteiger partial charge on any atom is 0.233 e. The Morgan fingerprint density at radius 1 is 1.26 bits per heavy atom. The fraction of sp³-hybridized carbons (Fsp3) is 0.350. The summed E-state index contributed by atoms with van der Waals surface area (Å²) in [4.78, 5) is 22.3. The average Bonchev–Trinajstić information content (AvgIpc) is 3.32. The van der Waals surface area contributed by atoms with Crippen molar-refractivity contribution < 1.29 is 9.18 Å². The van der Waals surface area contributed by atoms with Gasteiger partial charge in [-0.1, -0.05) is 36.7 Å². The first kappa shape index (κ1) is 18.4. The van der Waals surface area contributed by atoms with Crippen molar-refractivity contribution in [3.05, 3.63) is 42.5 Å². The maximum atomic E-state index is 13.2. The topological polar surface area (TPSA) is 54.9 Å². The third kappa shape index (κ3) is 4.14. The molecule has 1 unspecified atom stereocenters. The monoisotopic (exact) mass is 401 g/mol. The number of carbonyl (C=O) groups is 1. The lowest BCUT2D eigenvalue weighted by Crippen LogP contribution is -2.37. The number of nitrogens with one attached hydrogen (secondary N) is 1. The summed E-state index contributed by atoms with van der Waals surface area (Å²) in [6, 6.07) is 8.74. The van der Waals surface area contributed by atoms with Crippen molar-refractivity contribution in [2.24, 2.45) is 0 Å². The quantitative estimate of drug-likeness (QED) is 0.481. The second-order valence-electron chi connectivity index (χ2n) is 6.76. The first-order valence-corrected chi connectivity index (χ1v) is 10.8. The number of rotatable bonds is 5. The van der Waals surface area contributed by atoms with Crippen molar-refractivity contribution in [1.82, 2.24) is 15.3 Å². The van der Waals surface area contributed by atoms with Gasteiger partial charge in [0.25, 0.3) is 0 Å². The van der Waals surface area contributed by atoms with E-state index < -0.39 is 0 Å². The summed E-state index contributed by atoms with van der Waals surface area (Å²) >= 11 is 3.03. The predicted molar refractivity (Wildman–Crippen MR) is 109 cm³/mol. The summed E-state index contributed by atoms with van der Waals surface area (Å²) < 4.78 is 14.1. The van der Waals surface area contributed by atoms with E-state index in [1.165, 1.54) is 43.1 Å². The van der Waals surface area contributed by atoms with Crippen LogP contribution in [-0.4, -0.2) is 27.2 Å². The molecular formula is C20H20FN3OS2. The Labute approximate surface area is 165 Å². The second-order valence-corrected chi connectivity index (χ2v) is 9.14. The van der Waals surface area contributed by atoms with Gasteiger partial charge in [0, 0.05) is 10.9 Å². The highest BCUT2D eigenvalue weighted by Crippen LogP contribution is 2.38. The van der Waals surface area contributed by atoms with E-state index in [9.17, 15) is 9.18 Å². The first-order chi connectivity index (χ1) is 13.1. The molecule has 0 bridgehead atoms. The number of thioether (sulfide) groups is 1. The highest BCUT2D eigenvalue weighted by atomic mass is 32.2. The molecule has 1 aromatic carbocycles. The van der Waals surface area contributed by atoms with Gasteiger partial charge in [-0.3, -0.25) is 4.79 Å². The van der Waals surface area contributed by atoms with Gasteiger partial charge in [-0.2, -0.15) is 0 Å². The lowest BCUT2D eigenvalue weighted by Gasteiger charge is -2.16. The van der Waals surface area contributed by atoms with Gasteiger partial charge < -0.3 is 5.32 Å². The third-order valence-corrected chi connectivity index (χ3v) is 7.18. The van der Waals surface area contributed by atoms with E-state index in [1.54, 1.807) is 23.5 Å². The fourth-order valence-electron chi connectivity index (χ4n) is 3.28. The Kier molecular flexibility index (Phi) is 5.41. The number of carbonyl (C=O) groups excluding carboxylic acids is 1. The van der Waals surface area contributed by atoms with E-state index in [-0.39, 0.29) is 17.0 Å². The Balaban J connectivity index is 1.54. The van der Waals surface area contributed by atoms with Gasteiger partial charge in [0.05, 0.1) is 15.5 Å². The van der Waals surface area contributed by atoms with Gasteiger partial charge in [-0.05, 0) is 43.5 Å². The van der Waals surface area contributed by atoms with Crippen LogP contribution in [0.1, 0.15) is 32.6 Å². The van der Waals surface area contributed by atoms with Crippen LogP contribution < -0.4 is 5.32 Å². The van der Waals surface area contributed by atoms with E-state index >= 15 is 0 Å². The smallest absolute Gasteiger partial charge is 0.233 e. The van der Waals surface area contributed by atoms with Crippen LogP contribution in [0.15, 0.2) is 41.7 Å². The summed E-state index contributed by atoms with van der Waals surface area (Å²) in [5, 5.41) is 3.74. The zero-order chi connectivity index (χ0) is 18.8. The minimum absolute atomic E-state index is 0.0639. The van der Waals surface area contributed by atoms with Crippen LogP contribution in [0.2, 0.25) is 0 Å². The number of aromatic nitrogens is 2. The number of nitrogens with zero attached hydrogens (tertiary/aromatic N) is 2. The van der Waals surface area contributed by atoms with Gasteiger partial charge in [-0.25, -0.2) is 14.4 Å². The molecule has 3 aromatic rings. The van der Waals surface area contributed by atoms with Crippen molar-refractivity contribution in [2.75, 3.05) is 0 Å². The van der Waals surface area contributed by atoms with Gasteiger partial charge in [0.15, 0.2) is 0 Å². The van der Waals surface area contributed by atoms with Crippen molar-refractivity contribution in [1.29, 1.82) is 0 Å². The van der Waals surface area contributed by atoms with Crippen LogP contribution in [0.3, 0.4) is 0 Å². The minimum Gasteiger partial charge on any atom is -0.352 e. The molecule has 1 aliphatic carbocycles. The van der Waals surface area contributed by atoms with Crippen LogP contribution in [0.25, 0.3) is 20.7 Å². The molecule has 2 aromatic heterocycles. The summed E-state index contributed by atoms with van der Waals surface area (Å²) in [5.41, 5.74) is 1.79. The number of benzene rings is 1. The molecule has 1 fully saturated rings. The molecule has 140 valence electrons. The predicted octanol–water partition coefficient (Wildman–Crippen LogP) is 5.04. The molecule has 0 radical (unpaired) electrons. The molecule has 4 rings (SSSR count). The van der Waals surface area contributed by atoms with Crippen molar-refractivity contribution in [2.45, 2.75) is 48.9 Å². The molecule has 0 aliphatic heterocycles. The number of fused-ring (bicyclic) bond motifs is 1. The van der Waals surface area contributed by atoms with Gasteiger partial charge in [0.1, 0.15) is 17.2 Å². The summed E-state index contributed by atoms with van der Waals surface area (Å²) in [6.07, 6.45) is 6.08. The molecule has 1 atom stereocenters. The molecule has 1 aliphatic rings. The van der Waals surface area contributed by atoms with Crippen LogP contribution >= 0.6 is 23.1 Å². The molecule has 4 nitrogen and oxygen atoms in total. The van der Waals surface area contributed by atoms with Crippen LogP contribution in [0.4, 0.5) is 4.39 Å². The van der Waals surface area contributed by atoms with E-state index in [0.717, 1.165) is 38.5 Å². The van der Waals surface area contributed by atoms with E-state index in [2.05, 4.69) is 15.3 Å². The largest absolute Gasteiger partial charge is 0.352 e. The number of halogens is 1. The van der Waals surface area contributed by atoms with Crippen molar-refractivity contribution >= 4 is 39.2 Å². The number of thiophene rings is 1. The van der Waals surface area contributed by atoms with Crippen molar-refractivity contribution in [3.8, 4) is 10.4 Å². The SMILES string of the molecule is CC(Sc1ncnc2cc(-c3ccc(F)cc3)sc12)C(=O)NC1CCCC1. The molecule has 7 heteroatoms. The van der Waals surface area contributed by atoms with Crippen LogP contribution in [-0.2, 0) is 4.79 Å². The lowest BCUT2D eigenvalue weighted by atomic mass is 10.2. The zero-order valence-electron chi connectivity index (χ0n) is 14.9. The lowest BCUT2D eigenvalue weighted by molar-refractivity contribution is -0.120. The molecular weight excluding hydrogens is 381 g/mol. The van der Waals surface area contributed by atoms with Crippen LogP contribution in [0, 0.1) is 5.82 Å². The Morgan fingerprint density at radius 2 is 2.00 bits per heavy atom. The normalized spacial score (nSPS) is 15.9. The van der Waals surface area contributed by atoms with Crippen LogP contribution in [0.5, 0.6) is 0 Å². The van der Waals surface area contributed by atoms with Gasteiger partial charge in [-0.15, -0.1) is 11.3 Å². The van der Waals surface area contributed by atoms with Crippen molar-refractivity contribution in [3.63, 3.8) is 0 Å². The standard InChI is InChI=1S/C20H20FN3OS2/c1-12(19(25)24-15-4-2-3-5-15)26-20-18-16(22-11-23-20)10-17(27-18)13-6-8-14(21)9-7-13/h6-12,15H,2-5H2,1H3,(H,24,25). The Hall–Kier alpha value is -1.99. The number of hydrogen-bond acceptors (Lipinski definition) is 5. The Morgan fingerprint density at radius 3 is 2.74 bits per heavy atom. The summed E-state index contributed by atoms with van der Waals surface area (Å²) in [5.74, 6) is -0.188. The number of amides is 1. The minimum atomic E-state index is -0.252. The molecule has 1 amide bonds. The highest BCUT2D eigenvalue weighted by Gasteiger charge is 2.22. The fourth-order valence-corrected chi connectivity index (χ4v) is 5.38. The van der Waals surface area contributed by atoms with E-state index in [4.69, 9.17) is 0 Å². The first-order valence-electron chi connectivity index (χ1n) is 9.07. The molecule has 1 saturated carbocycles. The average molecular weight is 402 g/mol. The molecule has 1 N–H and O–H groups in total. The van der Waals surface area contributed by atoms with Gasteiger partial charge >= 0.3 is 0 Å². The number of hydrogen-bond donors (Lipinski definition) is 1. The van der Waals surface area contributed by atoms with Gasteiger partial charge in [0.2, 0.25) is 5.91 Å². The second kappa shape index (κ2) is 7.94. The third-order valence-electron chi connectivity index (χ3n) is 4.77. The molecule has 2 heterocycles. The summed E-state index contributed by atoms with van der Waals surface area (Å²) in [7, 11) is 0. The molecule has 0 saturated heterocycles. The highest BCUT2D eigenvalue weighted by molar-refractivity contribution is 8.00. The van der Waals surface area contributed by atoms with E-state index in [1.807, 2.05) is 13.0 Å². The Bertz CT molecular complexity index is 952. The molecule has 0 spiro atoms.